The molecule has 4 aromatic rings. The van der Waals surface area contributed by atoms with Crippen LogP contribution < -0.4 is 5.32 Å². The summed E-state index contributed by atoms with van der Waals surface area (Å²) in [6, 6.07) is 14.6. The molecule has 1 saturated carbocycles. The molecule has 1 aliphatic rings. The minimum atomic E-state index is 0.0230. The van der Waals surface area contributed by atoms with E-state index >= 15 is 0 Å². The lowest BCUT2D eigenvalue weighted by Gasteiger charge is -2.00. The highest BCUT2D eigenvalue weighted by atomic mass is 32.1. The molecular weight excluding hydrogens is 332 g/mol. The van der Waals surface area contributed by atoms with E-state index in [2.05, 4.69) is 46.6 Å². The summed E-state index contributed by atoms with van der Waals surface area (Å²) in [6.07, 6.45) is 1.93. The molecule has 1 N–H and O–H groups in total. The normalized spacial score (nSPS) is 14.3. The number of carbonyl (C=O) groups is 1. The zero-order valence-corrected chi connectivity index (χ0v) is 14.5. The largest absolute Gasteiger partial charge is 0.293 e. The number of thiophene rings is 1. The molecule has 0 radical (unpaired) electrons. The zero-order chi connectivity index (χ0) is 17.0. The minimum absolute atomic E-state index is 0.0230. The van der Waals surface area contributed by atoms with Crippen LogP contribution in [0.4, 0.5) is 5.95 Å². The number of pyridine rings is 1. The van der Waals surface area contributed by atoms with E-state index in [-0.39, 0.29) is 11.8 Å². The van der Waals surface area contributed by atoms with Gasteiger partial charge in [0.1, 0.15) is 0 Å². The van der Waals surface area contributed by atoms with Crippen molar-refractivity contribution in [3.05, 3.63) is 48.0 Å². The smallest absolute Gasteiger partial charge is 0.249 e. The van der Waals surface area contributed by atoms with E-state index in [1.807, 2.05) is 18.2 Å². The Hall–Kier alpha value is -2.73. The third-order valence-electron chi connectivity index (χ3n) is 4.47. The molecule has 1 aliphatic carbocycles. The number of benzene rings is 1. The topological polar surface area (TPSA) is 59.3 Å². The second-order valence-electron chi connectivity index (χ2n) is 6.53. The molecular formula is C19H16N4OS. The number of rotatable bonds is 3. The van der Waals surface area contributed by atoms with E-state index in [1.54, 1.807) is 15.9 Å². The molecule has 0 bridgehead atoms. The molecule has 0 spiro atoms. The van der Waals surface area contributed by atoms with Gasteiger partial charge in [0.05, 0.1) is 10.6 Å². The molecule has 5 rings (SSSR count). The summed E-state index contributed by atoms with van der Waals surface area (Å²) in [5.41, 5.74) is 2.97. The number of anilines is 1. The van der Waals surface area contributed by atoms with Gasteiger partial charge in [0, 0.05) is 10.6 Å². The van der Waals surface area contributed by atoms with Crippen LogP contribution in [0.1, 0.15) is 18.4 Å². The van der Waals surface area contributed by atoms with Crippen LogP contribution in [0.15, 0.2) is 42.5 Å². The number of amides is 1. The summed E-state index contributed by atoms with van der Waals surface area (Å²) in [7, 11) is 0. The van der Waals surface area contributed by atoms with E-state index in [1.165, 1.54) is 15.6 Å². The number of fused-ring (bicyclic) bond motifs is 2. The Morgan fingerprint density at radius 2 is 2.12 bits per heavy atom. The van der Waals surface area contributed by atoms with E-state index < -0.39 is 0 Å². The van der Waals surface area contributed by atoms with E-state index in [9.17, 15) is 4.79 Å². The number of carbonyl (C=O) groups excluding carboxylic acids is 1. The summed E-state index contributed by atoms with van der Waals surface area (Å²) in [4.78, 5) is 17.5. The van der Waals surface area contributed by atoms with Gasteiger partial charge in [0.15, 0.2) is 5.65 Å². The SMILES string of the molecule is Cc1ccc2sc(-c3cccc4nc(NC(=O)C5CC5)nn34)cc2c1. The standard InChI is InChI=1S/C19H16N4OS/c1-11-5-8-15-13(9-11)10-16(25-15)14-3-2-4-17-20-19(22-23(14)17)21-18(24)12-6-7-12/h2-5,8-10,12H,6-7H2,1H3,(H,21,22,24). The fourth-order valence-electron chi connectivity index (χ4n) is 2.99. The van der Waals surface area contributed by atoms with Crippen LogP contribution in [-0.2, 0) is 4.79 Å². The van der Waals surface area contributed by atoms with Gasteiger partial charge in [0.25, 0.3) is 0 Å². The van der Waals surface area contributed by atoms with Gasteiger partial charge in [-0.1, -0.05) is 23.8 Å². The number of aryl methyl sites for hydroxylation is 1. The maximum absolute atomic E-state index is 12.0. The second kappa shape index (κ2) is 5.39. The lowest BCUT2D eigenvalue weighted by molar-refractivity contribution is -0.117. The first-order chi connectivity index (χ1) is 12.2. The van der Waals surface area contributed by atoms with Crippen LogP contribution in [0.5, 0.6) is 0 Å². The number of hydrogen-bond donors (Lipinski definition) is 1. The molecule has 3 heterocycles. The minimum Gasteiger partial charge on any atom is -0.293 e. The average molecular weight is 348 g/mol. The number of nitrogens with zero attached hydrogens (tertiary/aromatic N) is 3. The fraction of sp³-hybridized carbons (Fsp3) is 0.211. The summed E-state index contributed by atoms with van der Waals surface area (Å²) in [5, 5.41) is 8.57. The van der Waals surface area contributed by atoms with Crippen molar-refractivity contribution in [2.75, 3.05) is 5.32 Å². The number of hydrogen-bond acceptors (Lipinski definition) is 4. The fourth-order valence-corrected chi connectivity index (χ4v) is 4.05. The Labute approximate surface area is 148 Å². The Balaban J connectivity index is 1.59. The van der Waals surface area contributed by atoms with Crippen LogP contribution >= 0.6 is 11.3 Å². The Kier molecular flexibility index (Phi) is 3.15. The van der Waals surface area contributed by atoms with Gasteiger partial charge >= 0.3 is 0 Å². The first-order valence-electron chi connectivity index (χ1n) is 8.34. The Bertz CT molecular complexity index is 1120. The lowest BCUT2D eigenvalue weighted by atomic mass is 10.2. The van der Waals surface area contributed by atoms with Crippen LogP contribution in [0.25, 0.3) is 26.3 Å². The van der Waals surface area contributed by atoms with Gasteiger partial charge in [-0.3, -0.25) is 10.1 Å². The quantitative estimate of drug-likeness (QED) is 0.601. The third kappa shape index (κ3) is 2.59. The van der Waals surface area contributed by atoms with Crippen LogP contribution in [-0.4, -0.2) is 20.5 Å². The predicted octanol–water partition coefficient (Wildman–Crippen LogP) is 4.27. The number of nitrogens with one attached hydrogen (secondary N) is 1. The summed E-state index contributed by atoms with van der Waals surface area (Å²) < 4.78 is 3.06. The van der Waals surface area contributed by atoms with Crippen molar-refractivity contribution in [3.63, 3.8) is 0 Å². The first-order valence-corrected chi connectivity index (χ1v) is 9.16. The molecule has 1 amide bonds. The molecule has 1 fully saturated rings. The van der Waals surface area contributed by atoms with Crippen molar-refractivity contribution in [3.8, 4) is 10.6 Å². The van der Waals surface area contributed by atoms with Gasteiger partial charge in [0.2, 0.25) is 11.9 Å². The summed E-state index contributed by atoms with van der Waals surface area (Å²) >= 11 is 1.74. The van der Waals surface area contributed by atoms with Crippen molar-refractivity contribution in [2.45, 2.75) is 19.8 Å². The highest BCUT2D eigenvalue weighted by Gasteiger charge is 2.30. The maximum Gasteiger partial charge on any atom is 0.249 e. The first kappa shape index (κ1) is 14.6. The lowest BCUT2D eigenvalue weighted by Crippen LogP contribution is -2.14. The highest BCUT2D eigenvalue weighted by molar-refractivity contribution is 7.22. The molecule has 1 aromatic carbocycles. The van der Waals surface area contributed by atoms with Crippen molar-refractivity contribution in [1.82, 2.24) is 14.6 Å². The number of aromatic nitrogens is 3. The average Bonchev–Trinajstić information content (AvgIpc) is 3.24. The summed E-state index contributed by atoms with van der Waals surface area (Å²) in [5.74, 6) is 0.535. The van der Waals surface area contributed by atoms with Gasteiger partial charge in [-0.15, -0.1) is 16.4 Å². The highest BCUT2D eigenvalue weighted by Crippen LogP contribution is 2.34. The molecule has 0 aliphatic heterocycles. The maximum atomic E-state index is 12.0. The summed E-state index contributed by atoms with van der Waals surface area (Å²) in [6.45, 7) is 2.10. The molecule has 6 heteroatoms. The molecule has 0 atom stereocenters. The molecule has 3 aromatic heterocycles. The third-order valence-corrected chi connectivity index (χ3v) is 5.61. The molecule has 0 saturated heterocycles. The monoisotopic (exact) mass is 348 g/mol. The van der Waals surface area contributed by atoms with Crippen LogP contribution in [0.3, 0.4) is 0 Å². The molecule has 124 valence electrons. The van der Waals surface area contributed by atoms with E-state index in [0.717, 1.165) is 29.1 Å². The van der Waals surface area contributed by atoms with Crippen LogP contribution in [0, 0.1) is 12.8 Å². The van der Waals surface area contributed by atoms with Crippen molar-refractivity contribution in [1.29, 1.82) is 0 Å². The zero-order valence-electron chi connectivity index (χ0n) is 13.7. The van der Waals surface area contributed by atoms with Crippen molar-refractivity contribution >= 4 is 38.9 Å². The predicted molar refractivity (Wildman–Crippen MR) is 99.9 cm³/mol. The second-order valence-corrected chi connectivity index (χ2v) is 7.62. The van der Waals surface area contributed by atoms with E-state index in [0.29, 0.717) is 5.95 Å². The Morgan fingerprint density at radius 1 is 1.24 bits per heavy atom. The van der Waals surface area contributed by atoms with E-state index in [4.69, 9.17) is 0 Å². The Morgan fingerprint density at radius 3 is 2.96 bits per heavy atom. The van der Waals surface area contributed by atoms with Gasteiger partial charge in [-0.25, -0.2) is 4.52 Å². The molecule has 5 nitrogen and oxygen atoms in total. The van der Waals surface area contributed by atoms with Crippen molar-refractivity contribution < 1.29 is 4.79 Å². The molecule has 25 heavy (non-hydrogen) atoms. The van der Waals surface area contributed by atoms with Crippen molar-refractivity contribution in [2.24, 2.45) is 5.92 Å². The van der Waals surface area contributed by atoms with Gasteiger partial charge in [-0.05, 0) is 49.4 Å². The molecule has 0 unspecified atom stereocenters. The van der Waals surface area contributed by atoms with Gasteiger partial charge in [-0.2, -0.15) is 4.98 Å². The van der Waals surface area contributed by atoms with Gasteiger partial charge < -0.3 is 0 Å². The van der Waals surface area contributed by atoms with Crippen LogP contribution in [0.2, 0.25) is 0 Å².